The molecule has 28 heavy (non-hydrogen) atoms. The number of fused-ring (bicyclic) bond motifs is 7. The van der Waals surface area contributed by atoms with E-state index in [1.165, 1.54) is 38.5 Å². The predicted octanol–water partition coefficient (Wildman–Crippen LogP) is 5.02. The number of oxime groups is 1. The molecule has 6 aliphatic rings. The number of carbonyl (C=O) groups excluding carboxylic acids is 1. The van der Waals surface area contributed by atoms with E-state index in [4.69, 9.17) is 4.74 Å². The third-order valence-corrected chi connectivity index (χ3v) is 9.94. The third-order valence-electron chi connectivity index (χ3n) is 9.94. The SMILES string of the molecule is CC[C@]12CCC3C(CC4(CC4)C4=C/C(=N\O)CC[C@@H]43)C1CC[C@@]21C=CC(=O)O1. The quantitative estimate of drug-likeness (QED) is 0.394. The molecule has 0 saturated heterocycles. The van der Waals surface area contributed by atoms with Crippen LogP contribution in [0.1, 0.15) is 71.1 Å². The van der Waals surface area contributed by atoms with Crippen molar-refractivity contribution >= 4 is 11.7 Å². The van der Waals surface area contributed by atoms with Gasteiger partial charge in [0.1, 0.15) is 5.60 Å². The van der Waals surface area contributed by atoms with Gasteiger partial charge in [0, 0.05) is 11.5 Å². The van der Waals surface area contributed by atoms with Crippen LogP contribution in [0.4, 0.5) is 0 Å². The number of rotatable bonds is 1. The van der Waals surface area contributed by atoms with Crippen LogP contribution in [0.15, 0.2) is 29.0 Å². The standard InChI is InChI=1S/C24H31NO3/c1-2-23-8-5-16-17-4-3-15(25-27)13-20(17)22(11-12-22)14-18(16)19(23)6-9-24(23)10-7-21(26)28-24/h7,10,13,16-19,27H,2-6,8-9,11-12,14H2,1H3/b25-15-/t16?,17-,18?,19?,23+,24-/m1/s1. The lowest BCUT2D eigenvalue weighted by Gasteiger charge is -2.58. The van der Waals surface area contributed by atoms with Gasteiger partial charge in [0.25, 0.3) is 0 Å². The molecule has 0 aromatic heterocycles. The van der Waals surface area contributed by atoms with E-state index in [9.17, 15) is 10.0 Å². The van der Waals surface area contributed by atoms with E-state index in [-0.39, 0.29) is 17.0 Å². The van der Waals surface area contributed by atoms with Crippen LogP contribution in [0.5, 0.6) is 0 Å². The number of allylic oxidation sites excluding steroid dienone is 2. The fourth-order valence-electron chi connectivity index (χ4n) is 8.65. The summed E-state index contributed by atoms with van der Waals surface area (Å²) in [6.07, 6.45) is 17.8. The van der Waals surface area contributed by atoms with Crippen molar-refractivity contribution in [3.05, 3.63) is 23.8 Å². The second-order valence-corrected chi connectivity index (χ2v) is 10.5. The lowest BCUT2D eigenvalue weighted by molar-refractivity contribution is -0.165. The second-order valence-electron chi connectivity index (χ2n) is 10.5. The number of carbonyl (C=O) groups is 1. The number of nitrogens with zero attached hydrogens (tertiary/aromatic N) is 1. The second kappa shape index (κ2) is 5.52. The minimum atomic E-state index is -0.329. The highest BCUT2D eigenvalue weighted by Gasteiger charge is 2.68. The van der Waals surface area contributed by atoms with E-state index in [0.29, 0.717) is 17.3 Å². The largest absolute Gasteiger partial charge is 0.451 e. The summed E-state index contributed by atoms with van der Waals surface area (Å²) in [7, 11) is 0. The normalized spacial score (nSPS) is 49.0. The van der Waals surface area contributed by atoms with Gasteiger partial charge in [-0.1, -0.05) is 17.7 Å². The average molecular weight is 382 g/mol. The summed E-state index contributed by atoms with van der Waals surface area (Å²) in [5.74, 6) is 2.75. The molecule has 2 spiro atoms. The lowest BCUT2D eigenvalue weighted by Crippen LogP contribution is -2.54. The molecule has 6 rings (SSSR count). The van der Waals surface area contributed by atoms with Crippen molar-refractivity contribution in [1.82, 2.24) is 0 Å². The van der Waals surface area contributed by atoms with Gasteiger partial charge in [0.15, 0.2) is 0 Å². The maximum atomic E-state index is 12.0. The summed E-state index contributed by atoms with van der Waals surface area (Å²) in [6.45, 7) is 2.33. The average Bonchev–Trinajstić information content (AvgIpc) is 3.27. The topological polar surface area (TPSA) is 58.9 Å². The first-order chi connectivity index (χ1) is 13.6. The van der Waals surface area contributed by atoms with E-state index in [1.807, 2.05) is 0 Å². The van der Waals surface area contributed by atoms with Gasteiger partial charge in [-0.2, -0.15) is 0 Å². The summed E-state index contributed by atoms with van der Waals surface area (Å²) >= 11 is 0. The Bertz CT molecular complexity index is 822. The Morgan fingerprint density at radius 1 is 1.18 bits per heavy atom. The summed E-state index contributed by atoms with van der Waals surface area (Å²) in [5, 5.41) is 12.9. The Hall–Kier alpha value is -1.58. The smallest absolute Gasteiger partial charge is 0.331 e. The maximum absolute atomic E-state index is 12.0. The molecule has 3 unspecified atom stereocenters. The summed E-state index contributed by atoms with van der Waals surface area (Å²) in [4.78, 5) is 12.0. The summed E-state index contributed by atoms with van der Waals surface area (Å²) in [5.41, 5.74) is 2.71. The van der Waals surface area contributed by atoms with Gasteiger partial charge in [-0.05, 0) is 105 Å². The van der Waals surface area contributed by atoms with Gasteiger partial charge in [0.2, 0.25) is 0 Å². The van der Waals surface area contributed by atoms with Crippen molar-refractivity contribution in [1.29, 1.82) is 0 Å². The Labute approximate surface area is 167 Å². The van der Waals surface area contributed by atoms with Gasteiger partial charge < -0.3 is 9.94 Å². The summed E-state index contributed by atoms with van der Waals surface area (Å²) in [6, 6.07) is 0. The molecule has 4 nitrogen and oxygen atoms in total. The van der Waals surface area contributed by atoms with Gasteiger partial charge in [-0.25, -0.2) is 4.79 Å². The molecule has 5 aliphatic carbocycles. The minimum Gasteiger partial charge on any atom is -0.451 e. The summed E-state index contributed by atoms with van der Waals surface area (Å²) < 4.78 is 6.05. The molecule has 1 aliphatic heterocycles. The van der Waals surface area contributed by atoms with Gasteiger partial charge >= 0.3 is 5.97 Å². The van der Waals surface area contributed by atoms with Crippen molar-refractivity contribution in [2.45, 2.75) is 76.7 Å². The molecule has 1 heterocycles. The zero-order chi connectivity index (χ0) is 19.1. The first-order valence-corrected chi connectivity index (χ1v) is 11.4. The van der Waals surface area contributed by atoms with E-state index in [2.05, 4.69) is 24.2 Å². The van der Waals surface area contributed by atoms with Crippen LogP contribution in [0.2, 0.25) is 0 Å². The van der Waals surface area contributed by atoms with E-state index < -0.39 is 0 Å². The van der Waals surface area contributed by atoms with Crippen LogP contribution in [0.25, 0.3) is 0 Å². The van der Waals surface area contributed by atoms with Crippen molar-refractivity contribution in [3.63, 3.8) is 0 Å². The molecule has 4 heteroatoms. The molecule has 4 saturated carbocycles. The highest BCUT2D eigenvalue weighted by Crippen LogP contribution is 2.73. The number of esters is 1. The number of ether oxygens (including phenoxy) is 1. The van der Waals surface area contributed by atoms with E-state index >= 15 is 0 Å². The fourth-order valence-corrected chi connectivity index (χ4v) is 8.65. The van der Waals surface area contributed by atoms with Gasteiger partial charge in [0.05, 0.1) is 5.71 Å². The molecule has 0 bridgehead atoms. The molecule has 1 N–H and O–H groups in total. The minimum absolute atomic E-state index is 0.133. The third kappa shape index (κ3) is 1.97. The lowest BCUT2D eigenvalue weighted by atomic mass is 9.47. The zero-order valence-electron chi connectivity index (χ0n) is 16.8. The van der Waals surface area contributed by atoms with Crippen molar-refractivity contribution in [2.24, 2.45) is 39.7 Å². The Kier molecular flexibility index (Phi) is 3.41. The number of hydrogen-bond donors (Lipinski definition) is 1. The molecule has 0 radical (unpaired) electrons. The van der Waals surface area contributed by atoms with Crippen molar-refractivity contribution in [2.75, 3.05) is 0 Å². The fraction of sp³-hybridized carbons (Fsp3) is 0.750. The Balaban J connectivity index is 1.39. The first kappa shape index (κ1) is 17.3. The highest BCUT2D eigenvalue weighted by atomic mass is 16.6. The van der Waals surface area contributed by atoms with Crippen molar-refractivity contribution < 1.29 is 14.7 Å². The zero-order valence-corrected chi connectivity index (χ0v) is 16.8. The predicted molar refractivity (Wildman–Crippen MR) is 106 cm³/mol. The van der Waals surface area contributed by atoms with Crippen molar-refractivity contribution in [3.8, 4) is 0 Å². The molecular formula is C24H31NO3. The maximum Gasteiger partial charge on any atom is 0.331 e. The first-order valence-electron chi connectivity index (χ1n) is 11.4. The molecule has 0 aromatic carbocycles. The van der Waals surface area contributed by atoms with Crippen LogP contribution in [-0.4, -0.2) is 22.5 Å². The van der Waals surface area contributed by atoms with Gasteiger partial charge in [-0.3, -0.25) is 0 Å². The van der Waals surface area contributed by atoms with Crippen LogP contribution in [-0.2, 0) is 9.53 Å². The molecular weight excluding hydrogens is 350 g/mol. The molecule has 4 fully saturated rings. The molecule has 0 aromatic rings. The van der Waals surface area contributed by atoms with Crippen LogP contribution in [0.3, 0.4) is 0 Å². The van der Waals surface area contributed by atoms with Gasteiger partial charge in [-0.15, -0.1) is 0 Å². The molecule has 150 valence electrons. The molecule has 0 amide bonds. The molecule has 6 atom stereocenters. The number of hydrogen-bond acceptors (Lipinski definition) is 4. The van der Waals surface area contributed by atoms with E-state index in [1.54, 1.807) is 11.6 Å². The Morgan fingerprint density at radius 3 is 2.71 bits per heavy atom. The highest BCUT2D eigenvalue weighted by molar-refractivity contribution is 5.96. The van der Waals surface area contributed by atoms with Crippen LogP contribution < -0.4 is 0 Å². The van der Waals surface area contributed by atoms with Crippen LogP contribution in [0, 0.1) is 34.5 Å². The van der Waals surface area contributed by atoms with E-state index in [0.717, 1.165) is 43.2 Å². The monoisotopic (exact) mass is 381 g/mol. The Morgan fingerprint density at radius 2 is 2.04 bits per heavy atom. The van der Waals surface area contributed by atoms with Crippen LogP contribution >= 0.6 is 0 Å².